The van der Waals surface area contributed by atoms with Crippen LogP contribution in [-0.4, -0.2) is 24.3 Å². The molecule has 3 rings (SSSR count). The van der Waals surface area contributed by atoms with E-state index in [1.807, 2.05) is 32.0 Å². The van der Waals surface area contributed by atoms with Crippen LogP contribution >= 0.6 is 12.4 Å². The lowest BCUT2D eigenvalue weighted by molar-refractivity contribution is -0.120. The maximum atomic E-state index is 12.3. The summed E-state index contributed by atoms with van der Waals surface area (Å²) in [5.41, 5.74) is 0.756. The van der Waals surface area contributed by atoms with Crippen molar-refractivity contribution in [3.63, 3.8) is 0 Å². The number of anilines is 1. The zero-order valence-electron chi connectivity index (χ0n) is 13.1. The Bertz CT molecular complexity index is 562. The van der Waals surface area contributed by atoms with Crippen molar-refractivity contribution in [2.24, 2.45) is 5.92 Å². The van der Waals surface area contributed by atoms with E-state index in [-0.39, 0.29) is 24.2 Å². The summed E-state index contributed by atoms with van der Waals surface area (Å²) in [5.74, 6) is 0.907. The highest BCUT2D eigenvalue weighted by molar-refractivity contribution is 5.93. The molecule has 0 aromatic heterocycles. The van der Waals surface area contributed by atoms with Crippen LogP contribution in [0.15, 0.2) is 18.2 Å². The summed E-state index contributed by atoms with van der Waals surface area (Å²) in [6, 6.07) is 5.91. The van der Waals surface area contributed by atoms with E-state index in [0.717, 1.165) is 25.1 Å². The Hall–Kier alpha value is -1.46. The molecule has 1 aromatic rings. The highest BCUT2D eigenvalue weighted by Crippen LogP contribution is 2.40. The molecular formula is C16H23ClN2O3. The molecule has 2 N–H and O–H groups in total. The molecule has 5 nitrogen and oxygen atoms in total. The lowest BCUT2D eigenvalue weighted by Gasteiger charge is -2.27. The summed E-state index contributed by atoms with van der Waals surface area (Å²) in [6.45, 7) is 6.74. The van der Waals surface area contributed by atoms with E-state index in [1.165, 1.54) is 0 Å². The number of hydrogen-bond acceptors (Lipinski definition) is 4. The molecule has 2 atom stereocenters. The zero-order valence-corrected chi connectivity index (χ0v) is 14.0. The number of carbonyl (C=O) groups excluding carboxylic acids is 1. The SMILES string of the molecule is C[C@H]1C[C@@H](C(=O)Nc2ccc3c(c2)OC(C)(C)O3)CCN1.Cl. The molecule has 0 bridgehead atoms. The van der Waals surface area contributed by atoms with Gasteiger partial charge in [0.25, 0.3) is 0 Å². The summed E-state index contributed by atoms with van der Waals surface area (Å²) in [7, 11) is 0. The van der Waals surface area contributed by atoms with E-state index < -0.39 is 5.79 Å². The first kappa shape index (κ1) is 16.9. The predicted octanol–water partition coefficient (Wildman–Crippen LogP) is 2.94. The van der Waals surface area contributed by atoms with Gasteiger partial charge in [-0.3, -0.25) is 4.79 Å². The second-order valence-electron chi connectivity index (χ2n) is 6.33. The fourth-order valence-electron chi connectivity index (χ4n) is 2.91. The summed E-state index contributed by atoms with van der Waals surface area (Å²) in [6.07, 6.45) is 1.76. The summed E-state index contributed by atoms with van der Waals surface area (Å²) in [5, 5.41) is 6.34. The van der Waals surface area contributed by atoms with E-state index in [2.05, 4.69) is 17.6 Å². The Labute approximate surface area is 137 Å². The van der Waals surface area contributed by atoms with Crippen LogP contribution in [0.3, 0.4) is 0 Å². The summed E-state index contributed by atoms with van der Waals surface area (Å²) >= 11 is 0. The van der Waals surface area contributed by atoms with Gasteiger partial charge in [0.15, 0.2) is 11.5 Å². The van der Waals surface area contributed by atoms with Crippen LogP contribution < -0.4 is 20.1 Å². The van der Waals surface area contributed by atoms with Gasteiger partial charge in [-0.2, -0.15) is 0 Å². The summed E-state index contributed by atoms with van der Waals surface area (Å²) < 4.78 is 11.3. The van der Waals surface area contributed by atoms with E-state index in [9.17, 15) is 4.79 Å². The molecule has 2 aliphatic heterocycles. The van der Waals surface area contributed by atoms with Gasteiger partial charge in [0.1, 0.15) is 0 Å². The van der Waals surface area contributed by atoms with Crippen LogP contribution in [0.2, 0.25) is 0 Å². The number of nitrogens with one attached hydrogen (secondary N) is 2. The fourth-order valence-corrected chi connectivity index (χ4v) is 2.91. The van der Waals surface area contributed by atoms with Crippen molar-refractivity contribution in [1.29, 1.82) is 0 Å². The number of amides is 1. The number of piperidine rings is 1. The lowest BCUT2D eigenvalue weighted by atomic mass is 9.92. The molecule has 0 unspecified atom stereocenters. The highest BCUT2D eigenvalue weighted by Gasteiger charge is 2.32. The third-order valence-corrected chi connectivity index (χ3v) is 3.92. The maximum Gasteiger partial charge on any atom is 0.246 e. The Morgan fingerprint density at radius 1 is 1.32 bits per heavy atom. The Morgan fingerprint density at radius 2 is 2.05 bits per heavy atom. The Balaban J connectivity index is 0.00000176. The van der Waals surface area contributed by atoms with Crippen molar-refractivity contribution >= 4 is 24.0 Å². The molecule has 0 aliphatic carbocycles. The van der Waals surface area contributed by atoms with Crippen molar-refractivity contribution in [3.8, 4) is 11.5 Å². The van der Waals surface area contributed by atoms with Gasteiger partial charge in [-0.15, -0.1) is 12.4 Å². The van der Waals surface area contributed by atoms with Gasteiger partial charge in [0, 0.05) is 37.6 Å². The molecule has 6 heteroatoms. The molecular weight excluding hydrogens is 304 g/mol. The molecule has 1 amide bonds. The van der Waals surface area contributed by atoms with Crippen LogP contribution in [0.1, 0.15) is 33.6 Å². The van der Waals surface area contributed by atoms with E-state index in [4.69, 9.17) is 9.47 Å². The molecule has 0 spiro atoms. The molecule has 2 heterocycles. The molecule has 0 radical (unpaired) electrons. The van der Waals surface area contributed by atoms with Gasteiger partial charge in [-0.05, 0) is 38.4 Å². The molecule has 1 fully saturated rings. The van der Waals surface area contributed by atoms with Gasteiger partial charge in [0.2, 0.25) is 11.7 Å². The second-order valence-corrected chi connectivity index (χ2v) is 6.33. The topological polar surface area (TPSA) is 59.6 Å². The molecule has 1 saturated heterocycles. The smallest absolute Gasteiger partial charge is 0.246 e. The molecule has 22 heavy (non-hydrogen) atoms. The van der Waals surface area contributed by atoms with Gasteiger partial charge < -0.3 is 20.1 Å². The molecule has 2 aliphatic rings. The van der Waals surface area contributed by atoms with Gasteiger partial charge in [-0.1, -0.05) is 0 Å². The highest BCUT2D eigenvalue weighted by atomic mass is 35.5. The van der Waals surface area contributed by atoms with E-state index in [0.29, 0.717) is 17.5 Å². The predicted molar refractivity (Wildman–Crippen MR) is 87.8 cm³/mol. The van der Waals surface area contributed by atoms with Crippen molar-refractivity contribution < 1.29 is 14.3 Å². The normalized spacial score (nSPS) is 25.2. The first-order valence-corrected chi connectivity index (χ1v) is 7.49. The minimum atomic E-state index is -0.643. The third kappa shape index (κ3) is 3.65. The number of hydrogen-bond donors (Lipinski definition) is 2. The third-order valence-electron chi connectivity index (χ3n) is 3.92. The quantitative estimate of drug-likeness (QED) is 0.877. The monoisotopic (exact) mass is 326 g/mol. The first-order chi connectivity index (χ1) is 9.93. The van der Waals surface area contributed by atoms with Crippen molar-refractivity contribution in [3.05, 3.63) is 18.2 Å². The zero-order chi connectivity index (χ0) is 15.0. The first-order valence-electron chi connectivity index (χ1n) is 7.49. The minimum Gasteiger partial charge on any atom is -0.449 e. The van der Waals surface area contributed by atoms with Crippen molar-refractivity contribution in [2.45, 2.75) is 45.4 Å². The molecule has 0 saturated carbocycles. The van der Waals surface area contributed by atoms with E-state index >= 15 is 0 Å². The average Bonchev–Trinajstić information content (AvgIpc) is 2.72. The minimum absolute atomic E-state index is 0. The number of fused-ring (bicyclic) bond motifs is 1. The van der Waals surface area contributed by atoms with Crippen LogP contribution in [0, 0.1) is 5.92 Å². The Morgan fingerprint density at radius 3 is 2.77 bits per heavy atom. The van der Waals surface area contributed by atoms with E-state index in [1.54, 1.807) is 0 Å². The number of benzene rings is 1. The van der Waals surface area contributed by atoms with Crippen LogP contribution in [-0.2, 0) is 4.79 Å². The standard InChI is InChI=1S/C16H22N2O3.ClH/c1-10-8-11(6-7-17-10)15(19)18-12-4-5-13-14(9-12)21-16(2,3)20-13;/h4-5,9-11,17H,6-8H2,1-3H3,(H,18,19);1H/t10-,11-;/m0./s1. The fraction of sp³-hybridized carbons (Fsp3) is 0.562. The van der Waals surface area contributed by atoms with Crippen molar-refractivity contribution in [2.75, 3.05) is 11.9 Å². The van der Waals surface area contributed by atoms with Crippen LogP contribution in [0.4, 0.5) is 5.69 Å². The van der Waals surface area contributed by atoms with Gasteiger partial charge >= 0.3 is 0 Å². The average molecular weight is 327 g/mol. The van der Waals surface area contributed by atoms with Crippen LogP contribution in [0.5, 0.6) is 11.5 Å². The molecule has 1 aromatic carbocycles. The van der Waals surface area contributed by atoms with Gasteiger partial charge in [0.05, 0.1) is 0 Å². The van der Waals surface area contributed by atoms with Gasteiger partial charge in [-0.25, -0.2) is 0 Å². The number of rotatable bonds is 2. The molecule has 122 valence electrons. The number of carbonyl (C=O) groups is 1. The number of halogens is 1. The largest absolute Gasteiger partial charge is 0.449 e. The second kappa shape index (κ2) is 6.34. The lowest BCUT2D eigenvalue weighted by Crippen LogP contribution is -2.40. The van der Waals surface area contributed by atoms with Crippen molar-refractivity contribution in [1.82, 2.24) is 5.32 Å². The van der Waals surface area contributed by atoms with Crippen LogP contribution in [0.25, 0.3) is 0 Å². The Kier molecular flexibility index (Phi) is 4.87. The summed E-state index contributed by atoms with van der Waals surface area (Å²) in [4.78, 5) is 12.3. The maximum absolute atomic E-state index is 12.3. The number of ether oxygens (including phenoxy) is 2.